The molecule has 4 aromatic rings. The molecule has 2 aliphatic heterocycles. The maximum atomic E-state index is 14.8. The van der Waals surface area contributed by atoms with Gasteiger partial charge in [0.25, 0.3) is 0 Å². The lowest BCUT2D eigenvalue weighted by molar-refractivity contribution is -0.120. The largest absolute Gasteiger partial charge is 0.356 e. The number of carbonyl (C=O) groups is 1. The highest BCUT2D eigenvalue weighted by Gasteiger charge is 2.23. The number of fused-ring (bicyclic) bond motifs is 3. The summed E-state index contributed by atoms with van der Waals surface area (Å²) >= 11 is 6.39. The van der Waals surface area contributed by atoms with Crippen LogP contribution in [-0.4, -0.2) is 77.7 Å². The molecule has 3 heterocycles. The summed E-state index contributed by atoms with van der Waals surface area (Å²) in [6, 6.07) is 19.8. The first kappa shape index (κ1) is 29.9. The highest BCUT2D eigenvalue weighted by Crippen LogP contribution is 2.34. The number of hydrogen-bond donors (Lipinski definition) is 2. The first-order valence-corrected chi connectivity index (χ1v) is 15.3. The van der Waals surface area contributed by atoms with Crippen molar-refractivity contribution in [2.75, 3.05) is 51.6 Å². The molecule has 2 aliphatic rings. The van der Waals surface area contributed by atoms with E-state index in [0.717, 1.165) is 61.5 Å². The minimum atomic E-state index is -0.351. The van der Waals surface area contributed by atoms with Crippen molar-refractivity contribution >= 4 is 34.9 Å². The standard InChI is InChI=1S/C34H35ClFN7O/c1-42-14-16-43(17-15-42)13-5-12-37-31(44)19-23-6-4-7-26(18-23)40-34-39-22-24-21-38-33(28-8-2-3-9-30(28)36)29-20-25(35)10-11-27(29)32(24)41-34/h2-4,6-11,18,20,22H,5,12-17,19,21H2,1H3,(H,37,44)(H,39,40,41). The third-order valence-electron chi connectivity index (χ3n) is 8.01. The number of carbonyl (C=O) groups excluding carboxylic acids is 1. The summed E-state index contributed by atoms with van der Waals surface area (Å²) in [5.74, 6) is 0.0584. The first-order chi connectivity index (χ1) is 21.4. The third-order valence-corrected chi connectivity index (χ3v) is 8.24. The van der Waals surface area contributed by atoms with E-state index in [1.807, 2.05) is 30.3 Å². The number of aromatic nitrogens is 2. The fourth-order valence-corrected chi connectivity index (χ4v) is 5.78. The molecule has 0 spiro atoms. The van der Waals surface area contributed by atoms with Crippen LogP contribution in [0.4, 0.5) is 16.0 Å². The lowest BCUT2D eigenvalue weighted by Crippen LogP contribution is -2.45. The summed E-state index contributed by atoms with van der Waals surface area (Å²) in [7, 11) is 2.15. The van der Waals surface area contributed by atoms with Crippen molar-refractivity contribution in [3.05, 3.63) is 106 Å². The Morgan fingerprint density at radius 1 is 0.977 bits per heavy atom. The van der Waals surface area contributed by atoms with Gasteiger partial charge in [-0.05, 0) is 62.0 Å². The molecule has 2 N–H and O–H groups in total. The molecule has 0 radical (unpaired) electrons. The molecule has 1 fully saturated rings. The average molecular weight is 612 g/mol. The maximum absolute atomic E-state index is 14.8. The minimum absolute atomic E-state index is 0.00253. The van der Waals surface area contributed by atoms with Crippen molar-refractivity contribution in [1.82, 2.24) is 25.1 Å². The Morgan fingerprint density at radius 2 is 1.82 bits per heavy atom. The maximum Gasteiger partial charge on any atom is 0.227 e. The van der Waals surface area contributed by atoms with Crippen molar-refractivity contribution in [3.8, 4) is 11.3 Å². The molecule has 44 heavy (non-hydrogen) atoms. The van der Waals surface area contributed by atoms with E-state index in [2.05, 4.69) is 32.5 Å². The van der Waals surface area contributed by atoms with Gasteiger partial charge in [-0.2, -0.15) is 0 Å². The minimum Gasteiger partial charge on any atom is -0.356 e. The molecule has 6 rings (SSSR count). The highest BCUT2D eigenvalue weighted by molar-refractivity contribution is 6.31. The zero-order valence-corrected chi connectivity index (χ0v) is 25.4. The zero-order valence-electron chi connectivity index (χ0n) is 24.7. The molecule has 10 heteroatoms. The number of rotatable bonds is 9. The van der Waals surface area contributed by atoms with Crippen LogP contribution in [-0.2, 0) is 17.8 Å². The highest BCUT2D eigenvalue weighted by atomic mass is 35.5. The van der Waals surface area contributed by atoms with E-state index >= 15 is 0 Å². The van der Waals surface area contributed by atoms with E-state index in [0.29, 0.717) is 53.0 Å². The summed E-state index contributed by atoms with van der Waals surface area (Å²) in [6.45, 7) is 6.33. The number of halogens is 2. The van der Waals surface area contributed by atoms with Gasteiger partial charge in [-0.15, -0.1) is 0 Å². The lowest BCUT2D eigenvalue weighted by Gasteiger charge is -2.32. The van der Waals surface area contributed by atoms with Gasteiger partial charge in [0.1, 0.15) is 5.82 Å². The monoisotopic (exact) mass is 611 g/mol. The Bertz CT molecular complexity index is 1690. The molecule has 0 aliphatic carbocycles. The molecule has 1 amide bonds. The fraction of sp³-hybridized carbons (Fsp3) is 0.294. The molecule has 3 aromatic carbocycles. The molecule has 1 saturated heterocycles. The molecule has 0 saturated carbocycles. The van der Waals surface area contributed by atoms with Gasteiger partial charge in [0.15, 0.2) is 0 Å². The number of hydrogen-bond acceptors (Lipinski definition) is 7. The number of amides is 1. The van der Waals surface area contributed by atoms with Gasteiger partial charge in [0, 0.05) is 71.9 Å². The number of anilines is 2. The molecular formula is C34H35ClFN7O. The number of nitrogens with zero attached hydrogens (tertiary/aromatic N) is 5. The predicted molar refractivity (Wildman–Crippen MR) is 173 cm³/mol. The van der Waals surface area contributed by atoms with Crippen LogP contribution in [0.5, 0.6) is 0 Å². The van der Waals surface area contributed by atoms with Gasteiger partial charge in [0.05, 0.1) is 24.4 Å². The Kier molecular flexibility index (Phi) is 9.26. The van der Waals surface area contributed by atoms with Crippen LogP contribution < -0.4 is 10.6 Å². The van der Waals surface area contributed by atoms with Crippen molar-refractivity contribution in [2.24, 2.45) is 4.99 Å². The van der Waals surface area contributed by atoms with E-state index in [4.69, 9.17) is 21.6 Å². The molecule has 0 unspecified atom stereocenters. The van der Waals surface area contributed by atoms with E-state index in [1.165, 1.54) is 6.07 Å². The summed E-state index contributed by atoms with van der Waals surface area (Å²) < 4.78 is 14.8. The number of nitrogens with one attached hydrogen (secondary N) is 2. The topological polar surface area (TPSA) is 85.8 Å². The van der Waals surface area contributed by atoms with E-state index in [-0.39, 0.29) is 11.7 Å². The van der Waals surface area contributed by atoms with Crippen LogP contribution in [0.2, 0.25) is 5.02 Å². The summed E-state index contributed by atoms with van der Waals surface area (Å²) in [6.07, 6.45) is 2.98. The molecule has 1 aromatic heterocycles. The quantitative estimate of drug-likeness (QED) is 0.249. The second-order valence-corrected chi connectivity index (χ2v) is 11.7. The summed E-state index contributed by atoms with van der Waals surface area (Å²) in [5, 5.41) is 6.87. The predicted octanol–water partition coefficient (Wildman–Crippen LogP) is 5.33. The fourth-order valence-electron chi connectivity index (χ4n) is 5.61. The van der Waals surface area contributed by atoms with Crippen LogP contribution in [0.25, 0.3) is 11.3 Å². The van der Waals surface area contributed by atoms with Crippen LogP contribution in [0.3, 0.4) is 0 Å². The van der Waals surface area contributed by atoms with Gasteiger partial charge < -0.3 is 20.4 Å². The number of likely N-dealkylation sites (N-methyl/N-ethyl adjacent to an activating group) is 1. The zero-order chi connectivity index (χ0) is 30.5. The molecule has 8 nitrogen and oxygen atoms in total. The third kappa shape index (κ3) is 7.13. The van der Waals surface area contributed by atoms with E-state index in [9.17, 15) is 9.18 Å². The Balaban J connectivity index is 1.13. The molecule has 0 bridgehead atoms. The second kappa shape index (κ2) is 13.6. The Morgan fingerprint density at radius 3 is 2.66 bits per heavy atom. The number of benzene rings is 3. The lowest BCUT2D eigenvalue weighted by atomic mass is 9.95. The van der Waals surface area contributed by atoms with Crippen molar-refractivity contribution in [3.63, 3.8) is 0 Å². The first-order valence-electron chi connectivity index (χ1n) is 14.9. The normalized spacial score (nSPS) is 15.1. The van der Waals surface area contributed by atoms with Gasteiger partial charge >= 0.3 is 0 Å². The van der Waals surface area contributed by atoms with Crippen LogP contribution in [0, 0.1) is 5.82 Å². The molecule has 226 valence electrons. The SMILES string of the molecule is CN1CCN(CCCNC(=O)Cc2cccc(Nc3ncc4c(n3)-c3ccc(Cl)cc3C(c3ccccc3F)=NC4)c2)CC1. The van der Waals surface area contributed by atoms with Crippen molar-refractivity contribution in [1.29, 1.82) is 0 Å². The van der Waals surface area contributed by atoms with E-state index < -0.39 is 0 Å². The number of piperazine rings is 1. The van der Waals surface area contributed by atoms with Crippen LogP contribution in [0.15, 0.2) is 77.9 Å². The second-order valence-electron chi connectivity index (χ2n) is 11.3. The number of aliphatic imine (C=N–C) groups is 1. The Labute approximate surface area is 262 Å². The summed E-state index contributed by atoms with van der Waals surface area (Å²) in [4.78, 5) is 31.6. The van der Waals surface area contributed by atoms with Gasteiger partial charge in [0.2, 0.25) is 11.9 Å². The van der Waals surface area contributed by atoms with Crippen LogP contribution >= 0.6 is 11.6 Å². The summed E-state index contributed by atoms with van der Waals surface area (Å²) in [5.41, 5.74) is 5.64. The smallest absolute Gasteiger partial charge is 0.227 e. The molecular weight excluding hydrogens is 577 g/mol. The van der Waals surface area contributed by atoms with Crippen molar-refractivity contribution in [2.45, 2.75) is 19.4 Å². The Hall–Kier alpha value is -4.18. The van der Waals surface area contributed by atoms with Crippen molar-refractivity contribution < 1.29 is 9.18 Å². The van der Waals surface area contributed by atoms with E-state index in [1.54, 1.807) is 36.5 Å². The molecule has 0 atom stereocenters. The van der Waals surface area contributed by atoms with Gasteiger partial charge in [-0.1, -0.05) is 41.9 Å². The average Bonchev–Trinajstić information content (AvgIpc) is 3.17. The van der Waals surface area contributed by atoms with Crippen LogP contribution in [0.1, 0.15) is 28.7 Å². The van der Waals surface area contributed by atoms with Gasteiger partial charge in [-0.3, -0.25) is 9.79 Å². The van der Waals surface area contributed by atoms with Gasteiger partial charge in [-0.25, -0.2) is 14.4 Å².